The number of rotatable bonds is 7. The molecular weight excluding hydrogens is 264 g/mol. The zero-order valence-electron chi connectivity index (χ0n) is 12.3. The second-order valence-electron chi connectivity index (χ2n) is 5.18. The number of carbonyl (C=O) groups excluding carboxylic acids is 1. The van der Waals surface area contributed by atoms with Crippen LogP contribution in [-0.4, -0.2) is 35.9 Å². The number of anilines is 1. The fraction of sp³-hybridized carbons (Fsp3) is 0.312. The van der Waals surface area contributed by atoms with E-state index < -0.39 is 0 Å². The summed E-state index contributed by atoms with van der Waals surface area (Å²) in [6.45, 7) is 2.50. The Morgan fingerprint density at radius 2 is 2.10 bits per heavy atom. The van der Waals surface area contributed by atoms with Gasteiger partial charge in [0.1, 0.15) is 5.69 Å². The molecule has 0 bridgehead atoms. The van der Waals surface area contributed by atoms with E-state index in [4.69, 9.17) is 5.73 Å². The van der Waals surface area contributed by atoms with Crippen molar-refractivity contribution in [2.24, 2.45) is 0 Å². The van der Waals surface area contributed by atoms with Crippen molar-refractivity contribution >= 4 is 11.6 Å². The van der Waals surface area contributed by atoms with Gasteiger partial charge in [0.2, 0.25) is 0 Å². The fourth-order valence-electron chi connectivity index (χ4n) is 2.16. The Morgan fingerprint density at radius 1 is 1.33 bits per heavy atom. The van der Waals surface area contributed by atoms with Crippen molar-refractivity contribution in [3.63, 3.8) is 0 Å². The first-order valence-corrected chi connectivity index (χ1v) is 7.09. The van der Waals surface area contributed by atoms with Gasteiger partial charge in [0.05, 0.1) is 0 Å². The van der Waals surface area contributed by atoms with Crippen LogP contribution in [0.5, 0.6) is 0 Å². The monoisotopic (exact) mass is 286 g/mol. The number of aromatic nitrogens is 1. The lowest BCUT2D eigenvalue weighted by Crippen LogP contribution is -2.28. The average molecular weight is 286 g/mol. The molecular formula is C16H22N4O. The highest BCUT2D eigenvalue weighted by Crippen LogP contribution is 2.04. The maximum Gasteiger partial charge on any atom is 0.267 e. The van der Waals surface area contributed by atoms with Gasteiger partial charge < -0.3 is 20.9 Å². The highest BCUT2D eigenvalue weighted by molar-refractivity contribution is 5.93. The lowest BCUT2D eigenvalue weighted by Gasteiger charge is -2.16. The van der Waals surface area contributed by atoms with Gasteiger partial charge in [0, 0.05) is 25.0 Å². The van der Waals surface area contributed by atoms with Crippen molar-refractivity contribution in [3.8, 4) is 0 Å². The van der Waals surface area contributed by atoms with E-state index in [0.717, 1.165) is 19.5 Å². The zero-order chi connectivity index (χ0) is 15.1. The highest BCUT2D eigenvalue weighted by Gasteiger charge is 2.06. The van der Waals surface area contributed by atoms with Crippen molar-refractivity contribution in [1.29, 1.82) is 0 Å². The van der Waals surface area contributed by atoms with Gasteiger partial charge in [-0.3, -0.25) is 4.79 Å². The smallest absolute Gasteiger partial charge is 0.267 e. The summed E-state index contributed by atoms with van der Waals surface area (Å²) in [5, 5.41) is 2.88. The minimum absolute atomic E-state index is 0.114. The van der Waals surface area contributed by atoms with Crippen molar-refractivity contribution in [2.75, 3.05) is 25.9 Å². The van der Waals surface area contributed by atoms with Crippen LogP contribution in [0.3, 0.4) is 0 Å². The van der Waals surface area contributed by atoms with Crippen LogP contribution in [0, 0.1) is 0 Å². The molecule has 1 aromatic heterocycles. The molecule has 0 aliphatic carbocycles. The van der Waals surface area contributed by atoms with Crippen molar-refractivity contribution < 1.29 is 4.79 Å². The van der Waals surface area contributed by atoms with Gasteiger partial charge in [0.15, 0.2) is 0 Å². The number of carbonyl (C=O) groups is 1. The summed E-state index contributed by atoms with van der Waals surface area (Å²) in [4.78, 5) is 16.9. The number of nitrogens with zero attached hydrogens (tertiary/aromatic N) is 1. The number of aromatic amines is 1. The van der Waals surface area contributed by atoms with Crippen LogP contribution in [0.15, 0.2) is 42.6 Å². The van der Waals surface area contributed by atoms with E-state index in [0.29, 0.717) is 17.9 Å². The molecule has 0 unspecified atom stereocenters. The summed E-state index contributed by atoms with van der Waals surface area (Å²) in [6, 6.07) is 12.0. The van der Waals surface area contributed by atoms with Gasteiger partial charge in [-0.05, 0) is 31.6 Å². The van der Waals surface area contributed by atoms with E-state index in [-0.39, 0.29) is 5.91 Å². The second kappa shape index (κ2) is 7.50. The molecule has 2 rings (SSSR count). The molecule has 112 valence electrons. The maximum atomic E-state index is 11.8. The van der Waals surface area contributed by atoms with E-state index in [9.17, 15) is 4.79 Å². The van der Waals surface area contributed by atoms with Crippen LogP contribution in [0.1, 0.15) is 22.5 Å². The topological polar surface area (TPSA) is 74.2 Å². The molecule has 2 aromatic rings. The summed E-state index contributed by atoms with van der Waals surface area (Å²) < 4.78 is 0. The maximum absolute atomic E-state index is 11.8. The Bertz CT molecular complexity index is 565. The van der Waals surface area contributed by atoms with Crippen LogP contribution in [0.2, 0.25) is 0 Å². The zero-order valence-corrected chi connectivity index (χ0v) is 12.3. The van der Waals surface area contributed by atoms with E-state index in [1.807, 2.05) is 18.2 Å². The van der Waals surface area contributed by atoms with E-state index in [1.54, 1.807) is 12.3 Å². The normalized spacial score (nSPS) is 10.8. The quantitative estimate of drug-likeness (QED) is 0.680. The molecule has 0 aliphatic rings. The molecule has 5 nitrogen and oxygen atoms in total. The number of hydrogen-bond donors (Lipinski definition) is 3. The minimum Gasteiger partial charge on any atom is -0.397 e. The summed E-state index contributed by atoms with van der Waals surface area (Å²) in [6.07, 6.45) is 2.52. The third-order valence-electron chi connectivity index (χ3n) is 3.25. The standard InChI is InChI=1S/C16H22N4O/c1-20(12-13-6-3-2-4-7-13)9-5-8-18-16(21)15-10-14(17)11-19-15/h2-4,6-7,10-11,19H,5,8-9,12,17H2,1H3,(H,18,21). The molecule has 0 aliphatic heterocycles. The third-order valence-corrected chi connectivity index (χ3v) is 3.25. The fourth-order valence-corrected chi connectivity index (χ4v) is 2.16. The predicted molar refractivity (Wildman–Crippen MR) is 84.9 cm³/mol. The average Bonchev–Trinajstić information content (AvgIpc) is 2.91. The molecule has 5 heteroatoms. The van der Waals surface area contributed by atoms with Gasteiger partial charge in [-0.15, -0.1) is 0 Å². The Labute approximate surface area is 125 Å². The molecule has 1 heterocycles. The lowest BCUT2D eigenvalue weighted by atomic mass is 10.2. The first-order valence-electron chi connectivity index (χ1n) is 7.09. The van der Waals surface area contributed by atoms with Crippen molar-refractivity contribution in [3.05, 3.63) is 53.9 Å². The number of nitrogens with two attached hydrogens (primary N) is 1. The number of H-pyrrole nitrogens is 1. The third kappa shape index (κ3) is 4.96. The van der Waals surface area contributed by atoms with Crippen molar-refractivity contribution in [1.82, 2.24) is 15.2 Å². The number of amides is 1. The molecule has 1 aromatic carbocycles. The number of nitrogen functional groups attached to an aromatic ring is 1. The van der Waals surface area contributed by atoms with Crippen LogP contribution in [0.4, 0.5) is 5.69 Å². The first kappa shape index (κ1) is 15.1. The minimum atomic E-state index is -0.114. The molecule has 0 fully saturated rings. The highest BCUT2D eigenvalue weighted by atomic mass is 16.1. The van der Waals surface area contributed by atoms with Gasteiger partial charge in [-0.25, -0.2) is 0 Å². The molecule has 0 radical (unpaired) electrons. The number of nitrogens with one attached hydrogen (secondary N) is 2. The Morgan fingerprint density at radius 3 is 2.76 bits per heavy atom. The van der Waals surface area contributed by atoms with Gasteiger partial charge in [0.25, 0.3) is 5.91 Å². The molecule has 0 saturated heterocycles. The summed E-state index contributed by atoms with van der Waals surface area (Å²) in [5.74, 6) is -0.114. The SMILES string of the molecule is CN(CCCNC(=O)c1cc(N)c[nH]1)Cc1ccccc1. The summed E-state index contributed by atoms with van der Waals surface area (Å²) >= 11 is 0. The van der Waals surface area contributed by atoms with Crippen LogP contribution < -0.4 is 11.1 Å². The lowest BCUT2D eigenvalue weighted by molar-refractivity contribution is 0.0947. The number of hydrogen-bond acceptors (Lipinski definition) is 3. The molecule has 21 heavy (non-hydrogen) atoms. The molecule has 0 saturated carbocycles. The van der Waals surface area contributed by atoms with E-state index >= 15 is 0 Å². The Balaban J connectivity index is 1.64. The molecule has 0 spiro atoms. The summed E-state index contributed by atoms with van der Waals surface area (Å²) in [5.41, 5.74) is 7.94. The largest absolute Gasteiger partial charge is 0.397 e. The Hall–Kier alpha value is -2.27. The summed E-state index contributed by atoms with van der Waals surface area (Å²) in [7, 11) is 2.08. The molecule has 1 amide bonds. The van der Waals surface area contributed by atoms with Crippen LogP contribution >= 0.6 is 0 Å². The molecule has 4 N–H and O–H groups in total. The van der Waals surface area contributed by atoms with E-state index in [2.05, 4.69) is 34.4 Å². The van der Waals surface area contributed by atoms with Crippen LogP contribution in [0.25, 0.3) is 0 Å². The first-order chi connectivity index (χ1) is 10.1. The number of benzene rings is 1. The second-order valence-corrected chi connectivity index (χ2v) is 5.18. The predicted octanol–water partition coefficient (Wildman–Crippen LogP) is 1.85. The van der Waals surface area contributed by atoms with E-state index in [1.165, 1.54) is 5.56 Å². The van der Waals surface area contributed by atoms with Crippen molar-refractivity contribution in [2.45, 2.75) is 13.0 Å². The van der Waals surface area contributed by atoms with Crippen LogP contribution in [-0.2, 0) is 6.54 Å². The Kier molecular flexibility index (Phi) is 5.40. The van der Waals surface area contributed by atoms with Gasteiger partial charge >= 0.3 is 0 Å². The molecule has 0 atom stereocenters. The van der Waals surface area contributed by atoms with Gasteiger partial charge in [-0.1, -0.05) is 30.3 Å². The van der Waals surface area contributed by atoms with Gasteiger partial charge in [-0.2, -0.15) is 0 Å².